The minimum absolute atomic E-state index is 0.0441. The number of nitriles is 1. The highest BCUT2D eigenvalue weighted by atomic mass is 35.5. The third kappa shape index (κ3) is 6.30. The number of nitrogens with zero attached hydrogens (tertiary/aromatic N) is 3. The van der Waals surface area contributed by atoms with E-state index >= 15 is 0 Å². The standard InChI is InChI=1S/C28H33ClN4O3/c1-32(25-9-4-21(18-30)26(29)17-25)23-10-5-22(6-11-23)31-28(36)20-2-7-24(8-3-20)33-14-12-19(13-15-33)16-27(34)35/h2-4,7-9,17,19,22-23H,5-6,10-16H2,1H3,(H,31,36)(H,34,35). The highest BCUT2D eigenvalue weighted by molar-refractivity contribution is 6.32. The summed E-state index contributed by atoms with van der Waals surface area (Å²) in [4.78, 5) is 28.3. The van der Waals surface area contributed by atoms with E-state index in [9.17, 15) is 9.59 Å². The Morgan fingerprint density at radius 2 is 1.75 bits per heavy atom. The number of carbonyl (C=O) groups excluding carboxylic acids is 1. The zero-order valence-electron chi connectivity index (χ0n) is 20.6. The molecule has 0 atom stereocenters. The lowest BCUT2D eigenvalue weighted by Gasteiger charge is -2.36. The summed E-state index contributed by atoms with van der Waals surface area (Å²) in [5.41, 5.74) is 3.21. The predicted molar refractivity (Wildman–Crippen MR) is 142 cm³/mol. The smallest absolute Gasteiger partial charge is 0.303 e. The predicted octanol–water partition coefficient (Wildman–Crippen LogP) is 5.08. The van der Waals surface area contributed by atoms with Gasteiger partial charge >= 0.3 is 5.97 Å². The molecule has 0 aromatic heterocycles. The number of hydrogen-bond acceptors (Lipinski definition) is 5. The molecule has 190 valence electrons. The first-order chi connectivity index (χ1) is 17.3. The summed E-state index contributed by atoms with van der Waals surface area (Å²) in [6.45, 7) is 1.69. The van der Waals surface area contributed by atoms with Crippen molar-refractivity contribution in [2.45, 2.75) is 57.0 Å². The molecule has 2 N–H and O–H groups in total. The number of hydrogen-bond donors (Lipinski definition) is 2. The lowest BCUT2D eigenvalue weighted by atomic mass is 9.90. The first-order valence-corrected chi connectivity index (χ1v) is 13.0. The minimum atomic E-state index is -0.722. The molecular formula is C28H33ClN4O3. The molecule has 1 heterocycles. The van der Waals surface area contributed by atoms with Crippen molar-refractivity contribution in [2.24, 2.45) is 5.92 Å². The minimum Gasteiger partial charge on any atom is -0.481 e. The molecule has 0 radical (unpaired) electrons. The molecule has 8 heteroatoms. The van der Waals surface area contributed by atoms with Gasteiger partial charge in [0.05, 0.1) is 10.6 Å². The van der Waals surface area contributed by atoms with Crippen molar-refractivity contribution in [2.75, 3.05) is 29.9 Å². The topological polar surface area (TPSA) is 96.7 Å². The number of piperidine rings is 1. The number of amides is 1. The first kappa shape index (κ1) is 25.8. The summed E-state index contributed by atoms with van der Waals surface area (Å²) in [6, 6.07) is 15.9. The van der Waals surface area contributed by atoms with Gasteiger partial charge < -0.3 is 20.2 Å². The molecule has 0 unspecified atom stereocenters. The van der Waals surface area contributed by atoms with Crippen molar-refractivity contribution in [3.63, 3.8) is 0 Å². The van der Waals surface area contributed by atoms with E-state index in [1.807, 2.05) is 36.4 Å². The van der Waals surface area contributed by atoms with Crippen LogP contribution in [-0.2, 0) is 4.79 Å². The van der Waals surface area contributed by atoms with Crippen LogP contribution < -0.4 is 15.1 Å². The molecule has 1 aliphatic carbocycles. The van der Waals surface area contributed by atoms with Gasteiger partial charge in [-0.2, -0.15) is 5.26 Å². The molecule has 2 fully saturated rings. The van der Waals surface area contributed by atoms with Gasteiger partial charge in [0.25, 0.3) is 5.91 Å². The van der Waals surface area contributed by atoms with Crippen LogP contribution in [0.1, 0.15) is 60.9 Å². The van der Waals surface area contributed by atoms with E-state index in [-0.39, 0.29) is 24.3 Å². The summed E-state index contributed by atoms with van der Waals surface area (Å²) < 4.78 is 0. The van der Waals surface area contributed by atoms with Crippen LogP contribution in [0.25, 0.3) is 0 Å². The van der Waals surface area contributed by atoms with Gasteiger partial charge in [-0.25, -0.2) is 0 Å². The van der Waals surface area contributed by atoms with Crippen LogP contribution in [0.4, 0.5) is 11.4 Å². The molecule has 2 aliphatic rings. The normalized spacial score (nSPS) is 20.4. The molecule has 2 aromatic carbocycles. The Morgan fingerprint density at radius 1 is 1.08 bits per heavy atom. The Morgan fingerprint density at radius 3 is 2.33 bits per heavy atom. The molecule has 1 saturated heterocycles. The van der Waals surface area contributed by atoms with Crippen molar-refractivity contribution in [1.29, 1.82) is 5.26 Å². The van der Waals surface area contributed by atoms with Crippen LogP contribution in [0.2, 0.25) is 5.02 Å². The maximum Gasteiger partial charge on any atom is 0.303 e. The Labute approximate surface area is 217 Å². The second-order valence-corrected chi connectivity index (χ2v) is 10.3. The fraction of sp³-hybridized carbons (Fsp3) is 0.464. The lowest BCUT2D eigenvalue weighted by molar-refractivity contribution is -0.138. The van der Waals surface area contributed by atoms with Crippen molar-refractivity contribution < 1.29 is 14.7 Å². The average Bonchev–Trinajstić information content (AvgIpc) is 2.89. The quantitative estimate of drug-likeness (QED) is 0.541. The van der Waals surface area contributed by atoms with E-state index in [2.05, 4.69) is 28.2 Å². The molecule has 4 rings (SSSR count). The van der Waals surface area contributed by atoms with Crippen molar-refractivity contribution in [3.05, 3.63) is 58.6 Å². The maximum absolute atomic E-state index is 12.8. The molecule has 2 aromatic rings. The van der Waals surface area contributed by atoms with E-state index in [0.29, 0.717) is 22.2 Å². The third-order valence-electron chi connectivity index (χ3n) is 7.63. The number of rotatable bonds is 7. The number of anilines is 2. The Balaban J connectivity index is 1.25. The molecule has 1 amide bonds. The number of aliphatic carboxylic acids is 1. The summed E-state index contributed by atoms with van der Waals surface area (Å²) >= 11 is 6.21. The summed E-state index contributed by atoms with van der Waals surface area (Å²) in [5.74, 6) is -0.515. The number of halogens is 1. The highest BCUT2D eigenvalue weighted by Gasteiger charge is 2.26. The number of benzene rings is 2. The molecule has 1 saturated carbocycles. The largest absolute Gasteiger partial charge is 0.481 e. The van der Waals surface area contributed by atoms with Gasteiger partial charge in [0, 0.05) is 55.6 Å². The fourth-order valence-corrected chi connectivity index (χ4v) is 5.58. The number of carboxylic acids is 1. The first-order valence-electron chi connectivity index (χ1n) is 12.6. The SMILES string of the molecule is CN(c1ccc(C#N)c(Cl)c1)C1CCC(NC(=O)c2ccc(N3CCC(CC(=O)O)CC3)cc2)CC1. The van der Waals surface area contributed by atoms with Crippen LogP contribution in [0.3, 0.4) is 0 Å². The second-order valence-electron chi connectivity index (χ2n) is 9.94. The third-order valence-corrected chi connectivity index (χ3v) is 7.95. The summed E-state index contributed by atoms with van der Waals surface area (Å²) in [7, 11) is 2.05. The van der Waals surface area contributed by atoms with E-state index in [4.69, 9.17) is 22.0 Å². The zero-order valence-corrected chi connectivity index (χ0v) is 21.4. The van der Waals surface area contributed by atoms with Gasteiger partial charge in [0.15, 0.2) is 0 Å². The summed E-state index contributed by atoms with van der Waals surface area (Å²) in [6.07, 6.45) is 5.76. The van der Waals surface area contributed by atoms with E-state index in [0.717, 1.165) is 63.0 Å². The molecular weight excluding hydrogens is 476 g/mol. The Hall–Kier alpha value is -3.24. The highest BCUT2D eigenvalue weighted by Crippen LogP contribution is 2.30. The van der Waals surface area contributed by atoms with Crippen molar-refractivity contribution in [3.8, 4) is 6.07 Å². The van der Waals surface area contributed by atoms with Crippen LogP contribution >= 0.6 is 11.6 Å². The Bertz CT molecular complexity index is 1110. The van der Waals surface area contributed by atoms with Gasteiger partial charge in [0.2, 0.25) is 0 Å². The summed E-state index contributed by atoms with van der Waals surface area (Å²) in [5, 5.41) is 21.7. The average molecular weight is 509 g/mol. The van der Waals surface area contributed by atoms with Gasteiger partial charge in [-0.3, -0.25) is 9.59 Å². The van der Waals surface area contributed by atoms with E-state index in [1.165, 1.54) is 0 Å². The van der Waals surface area contributed by atoms with Crippen LogP contribution in [0, 0.1) is 17.2 Å². The second kappa shape index (κ2) is 11.7. The number of carboxylic acid groups (broad SMARTS) is 1. The van der Waals surface area contributed by atoms with E-state index < -0.39 is 5.97 Å². The fourth-order valence-electron chi connectivity index (χ4n) is 5.37. The zero-order chi connectivity index (χ0) is 25.7. The van der Waals surface area contributed by atoms with Crippen LogP contribution in [0.5, 0.6) is 0 Å². The number of carbonyl (C=O) groups is 2. The monoisotopic (exact) mass is 508 g/mol. The van der Waals surface area contributed by atoms with Crippen LogP contribution in [0.15, 0.2) is 42.5 Å². The molecule has 7 nitrogen and oxygen atoms in total. The molecule has 36 heavy (non-hydrogen) atoms. The van der Waals surface area contributed by atoms with Gasteiger partial charge in [-0.05, 0) is 86.9 Å². The molecule has 0 bridgehead atoms. The molecule has 0 spiro atoms. The maximum atomic E-state index is 12.8. The van der Waals surface area contributed by atoms with Crippen molar-refractivity contribution in [1.82, 2.24) is 5.32 Å². The lowest BCUT2D eigenvalue weighted by Crippen LogP contribution is -2.43. The van der Waals surface area contributed by atoms with E-state index in [1.54, 1.807) is 6.07 Å². The van der Waals surface area contributed by atoms with Gasteiger partial charge in [-0.15, -0.1) is 0 Å². The van der Waals surface area contributed by atoms with Gasteiger partial charge in [0.1, 0.15) is 6.07 Å². The number of nitrogens with one attached hydrogen (secondary N) is 1. The van der Waals surface area contributed by atoms with Crippen LogP contribution in [-0.4, -0.2) is 49.2 Å². The molecule has 1 aliphatic heterocycles. The van der Waals surface area contributed by atoms with Gasteiger partial charge in [-0.1, -0.05) is 11.6 Å². The Kier molecular flexibility index (Phi) is 8.37. The van der Waals surface area contributed by atoms with Crippen molar-refractivity contribution >= 4 is 34.9 Å².